The summed E-state index contributed by atoms with van der Waals surface area (Å²) in [5.74, 6) is 0. The van der Waals surface area contributed by atoms with Crippen LogP contribution in [0, 0.1) is 0 Å². The summed E-state index contributed by atoms with van der Waals surface area (Å²) < 4.78 is 0. The van der Waals surface area contributed by atoms with Gasteiger partial charge in [-0.3, -0.25) is 4.90 Å². The highest BCUT2D eigenvalue weighted by Gasteiger charge is 2.24. The predicted octanol–water partition coefficient (Wildman–Crippen LogP) is 4.48. The first-order valence-corrected chi connectivity index (χ1v) is 8.29. The molecule has 0 amide bonds. The Bertz CT molecular complexity index is 428. The summed E-state index contributed by atoms with van der Waals surface area (Å²) in [6.45, 7) is 4.21. The maximum absolute atomic E-state index is 6.30. The van der Waals surface area contributed by atoms with Gasteiger partial charge in [-0.2, -0.15) is 0 Å². The summed E-state index contributed by atoms with van der Waals surface area (Å²) in [6.07, 6.45) is 5.81. The van der Waals surface area contributed by atoms with Gasteiger partial charge in [-0.1, -0.05) is 30.1 Å². The van der Waals surface area contributed by atoms with Crippen LogP contribution in [0.3, 0.4) is 0 Å². The van der Waals surface area contributed by atoms with E-state index < -0.39 is 0 Å². The van der Waals surface area contributed by atoms with Gasteiger partial charge in [-0.25, -0.2) is 0 Å². The van der Waals surface area contributed by atoms with Crippen molar-refractivity contribution in [2.75, 3.05) is 6.54 Å². The second-order valence-corrected chi connectivity index (χ2v) is 6.62. The molecule has 112 valence electrons. The van der Waals surface area contributed by atoms with E-state index >= 15 is 0 Å². The van der Waals surface area contributed by atoms with Crippen molar-refractivity contribution in [3.8, 4) is 0 Å². The number of benzene rings is 1. The molecule has 0 aliphatic heterocycles. The topological polar surface area (TPSA) is 29.3 Å². The largest absolute Gasteiger partial charge is 0.328 e. The van der Waals surface area contributed by atoms with E-state index in [1.54, 1.807) is 0 Å². The van der Waals surface area contributed by atoms with E-state index in [0.29, 0.717) is 12.1 Å². The van der Waals surface area contributed by atoms with E-state index in [1.165, 1.54) is 12.8 Å². The van der Waals surface area contributed by atoms with Crippen LogP contribution in [0.25, 0.3) is 0 Å². The molecular weight excluding hydrogens is 291 g/mol. The number of nitrogens with two attached hydrogens (primary N) is 1. The van der Waals surface area contributed by atoms with E-state index in [0.717, 1.165) is 48.0 Å². The van der Waals surface area contributed by atoms with Gasteiger partial charge in [0, 0.05) is 28.7 Å². The highest BCUT2D eigenvalue weighted by Crippen LogP contribution is 2.27. The molecule has 1 aromatic carbocycles. The third-order valence-corrected chi connectivity index (χ3v) is 4.75. The molecule has 0 heterocycles. The Kier molecular flexibility index (Phi) is 6.16. The van der Waals surface area contributed by atoms with Gasteiger partial charge in [0.05, 0.1) is 0 Å². The van der Waals surface area contributed by atoms with Crippen LogP contribution in [0.4, 0.5) is 0 Å². The Morgan fingerprint density at radius 3 is 2.55 bits per heavy atom. The number of rotatable bonds is 5. The second kappa shape index (κ2) is 7.65. The lowest BCUT2D eigenvalue weighted by Crippen LogP contribution is -2.40. The molecule has 20 heavy (non-hydrogen) atoms. The molecule has 4 heteroatoms. The lowest BCUT2D eigenvalue weighted by atomic mass is 9.90. The summed E-state index contributed by atoms with van der Waals surface area (Å²) in [7, 11) is 0. The minimum atomic E-state index is 0.393. The number of hydrogen-bond donors (Lipinski definition) is 1. The molecule has 0 radical (unpaired) electrons. The molecule has 0 aromatic heterocycles. The van der Waals surface area contributed by atoms with Crippen LogP contribution < -0.4 is 5.73 Å². The molecule has 2 N–H and O–H groups in total. The van der Waals surface area contributed by atoms with E-state index in [-0.39, 0.29) is 0 Å². The average molecular weight is 315 g/mol. The smallest absolute Gasteiger partial charge is 0.0452 e. The maximum Gasteiger partial charge on any atom is 0.0452 e. The van der Waals surface area contributed by atoms with E-state index in [4.69, 9.17) is 28.9 Å². The summed E-state index contributed by atoms with van der Waals surface area (Å²) in [6, 6.07) is 6.74. The molecule has 0 saturated heterocycles. The molecule has 0 spiro atoms. The van der Waals surface area contributed by atoms with Gasteiger partial charge in [-0.15, -0.1) is 0 Å². The van der Waals surface area contributed by atoms with Crippen molar-refractivity contribution in [2.45, 2.75) is 57.7 Å². The predicted molar refractivity (Wildman–Crippen MR) is 87.4 cm³/mol. The maximum atomic E-state index is 6.30. The van der Waals surface area contributed by atoms with Crippen molar-refractivity contribution < 1.29 is 0 Å². The van der Waals surface area contributed by atoms with E-state index in [9.17, 15) is 0 Å². The molecule has 1 aliphatic carbocycles. The summed E-state index contributed by atoms with van der Waals surface area (Å²) >= 11 is 12.4. The molecule has 1 aromatic rings. The zero-order chi connectivity index (χ0) is 14.5. The average Bonchev–Trinajstić information content (AvgIpc) is 2.43. The number of halogens is 2. The van der Waals surface area contributed by atoms with Crippen LogP contribution in [0.15, 0.2) is 18.2 Å². The van der Waals surface area contributed by atoms with Gasteiger partial charge in [0.2, 0.25) is 0 Å². The van der Waals surface area contributed by atoms with Crippen molar-refractivity contribution in [1.82, 2.24) is 4.90 Å². The molecular formula is C16H24Cl2N2. The van der Waals surface area contributed by atoms with Crippen LogP contribution in [-0.2, 0) is 6.54 Å². The zero-order valence-corrected chi connectivity index (χ0v) is 13.6. The highest BCUT2D eigenvalue weighted by atomic mass is 35.5. The Balaban J connectivity index is 2.06. The SMILES string of the molecule is CCCN(Cc1cc(Cl)ccc1Cl)C1CCC(N)CC1. The minimum absolute atomic E-state index is 0.393. The van der Waals surface area contributed by atoms with Gasteiger partial charge in [0.25, 0.3) is 0 Å². The van der Waals surface area contributed by atoms with E-state index in [1.807, 2.05) is 18.2 Å². The van der Waals surface area contributed by atoms with Gasteiger partial charge in [0.15, 0.2) is 0 Å². The van der Waals surface area contributed by atoms with Gasteiger partial charge in [0.1, 0.15) is 0 Å². The van der Waals surface area contributed by atoms with Crippen LogP contribution in [0.2, 0.25) is 10.0 Å². The Morgan fingerprint density at radius 2 is 1.90 bits per heavy atom. The third-order valence-electron chi connectivity index (χ3n) is 4.15. The lowest BCUT2D eigenvalue weighted by Gasteiger charge is -2.36. The zero-order valence-electron chi connectivity index (χ0n) is 12.1. The highest BCUT2D eigenvalue weighted by molar-refractivity contribution is 6.33. The van der Waals surface area contributed by atoms with Crippen molar-refractivity contribution in [2.24, 2.45) is 5.73 Å². The van der Waals surface area contributed by atoms with Crippen LogP contribution in [0.5, 0.6) is 0 Å². The number of hydrogen-bond acceptors (Lipinski definition) is 2. The van der Waals surface area contributed by atoms with Crippen LogP contribution >= 0.6 is 23.2 Å². The Hall–Kier alpha value is -0.280. The molecule has 1 saturated carbocycles. The molecule has 2 rings (SSSR count). The van der Waals surface area contributed by atoms with E-state index in [2.05, 4.69) is 11.8 Å². The third kappa shape index (κ3) is 4.36. The fourth-order valence-corrected chi connectivity index (χ4v) is 3.40. The second-order valence-electron chi connectivity index (χ2n) is 5.77. The standard InChI is InChI=1S/C16H24Cl2N2/c1-2-9-20(15-6-4-14(19)5-7-15)11-12-10-13(17)3-8-16(12)18/h3,8,10,14-15H,2,4-7,9,11,19H2,1H3. The molecule has 1 fully saturated rings. The van der Waals surface area contributed by atoms with Crippen molar-refractivity contribution >= 4 is 23.2 Å². The summed E-state index contributed by atoms with van der Waals surface area (Å²) in [4.78, 5) is 2.55. The summed E-state index contributed by atoms with van der Waals surface area (Å²) in [5, 5.41) is 1.56. The van der Waals surface area contributed by atoms with Crippen LogP contribution in [0.1, 0.15) is 44.6 Å². The molecule has 1 aliphatic rings. The first-order chi connectivity index (χ1) is 9.60. The molecule has 2 nitrogen and oxygen atoms in total. The molecule has 0 unspecified atom stereocenters. The quantitative estimate of drug-likeness (QED) is 0.868. The van der Waals surface area contributed by atoms with Gasteiger partial charge < -0.3 is 5.73 Å². The van der Waals surface area contributed by atoms with Crippen molar-refractivity contribution in [3.63, 3.8) is 0 Å². The van der Waals surface area contributed by atoms with Gasteiger partial charge in [-0.05, 0) is 62.4 Å². The molecule has 0 atom stereocenters. The first kappa shape index (κ1) is 16.1. The normalized spacial score (nSPS) is 23.2. The minimum Gasteiger partial charge on any atom is -0.328 e. The molecule has 0 bridgehead atoms. The monoisotopic (exact) mass is 314 g/mol. The van der Waals surface area contributed by atoms with Gasteiger partial charge >= 0.3 is 0 Å². The first-order valence-electron chi connectivity index (χ1n) is 7.53. The fraction of sp³-hybridized carbons (Fsp3) is 0.625. The van der Waals surface area contributed by atoms with Crippen molar-refractivity contribution in [1.29, 1.82) is 0 Å². The number of nitrogens with zero attached hydrogens (tertiary/aromatic N) is 1. The van der Waals surface area contributed by atoms with Crippen molar-refractivity contribution in [3.05, 3.63) is 33.8 Å². The van der Waals surface area contributed by atoms with Crippen LogP contribution in [-0.4, -0.2) is 23.5 Å². The Morgan fingerprint density at radius 1 is 1.20 bits per heavy atom. The Labute approximate surface area is 132 Å². The summed E-state index contributed by atoms with van der Waals surface area (Å²) in [5.41, 5.74) is 7.14. The fourth-order valence-electron chi connectivity index (χ4n) is 3.03. The lowest BCUT2D eigenvalue weighted by molar-refractivity contribution is 0.142.